The summed E-state index contributed by atoms with van der Waals surface area (Å²) in [7, 11) is 0. The highest BCUT2D eigenvalue weighted by molar-refractivity contribution is 5.93. The number of benzene rings is 1. The van der Waals surface area contributed by atoms with Crippen molar-refractivity contribution >= 4 is 11.6 Å². The average Bonchev–Trinajstić information content (AvgIpc) is 2.44. The molecule has 1 heterocycles. The predicted octanol–water partition coefficient (Wildman–Crippen LogP) is 1.04. The molecule has 2 rings (SSSR count). The maximum atomic E-state index is 12.2. The molecule has 1 aliphatic heterocycles. The highest BCUT2D eigenvalue weighted by atomic mass is 16.2. The molecule has 5 nitrogen and oxygen atoms in total. The van der Waals surface area contributed by atoms with E-state index >= 15 is 0 Å². The van der Waals surface area contributed by atoms with E-state index in [1.165, 1.54) is 0 Å². The molecule has 1 fully saturated rings. The van der Waals surface area contributed by atoms with Crippen LogP contribution in [0.2, 0.25) is 0 Å². The molecule has 1 aromatic rings. The Morgan fingerprint density at radius 2 is 2.20 bits per heavy atom. The molecule has 1 aliphatic rings. The molecule has 5 heteroatoms. The van der Waals surface area contributed by atoms with Crippen molar-refractivity contribution in [2.45, 2.75) is 19.9 Å². The fraction of sp³-hybridized carbons (Fsp3) is 0.467. The van der Waals surface area contributed by atoms with Crippen molar-refractivity contribution in [3.63, 3.8) is 0 Å². The highest BCUT2D eigenvalue weighted by Gasteiger charge is 2.23. The molecular formula is C15H20N4O. The van der Waals surface area contributed by atoms with Crippen molar-refractivity contribution in [1.29, 1.82) is 5.26 Å². The Morgan fingerprint density at radius 1 is 1.50 bits per heavy atom. The number of carbonyl (C=O) groups is 1. The minimum absolute atomic E-state index is 0.0652. The summed E-state index contributed by atoms with van der Waals surface area (Å²) in [6.45, 7) is 6.37. The van der Waals surface area contributed by atoms with Gasteiger partial charge >= 0.3 is 0 Å². The standard InChI is InChI=1S/C15H20N4O/c1-11-4-3-5-12(2)15(11)18-14(20)10-19-7-6-17-9-13(19)8-16/h3-5,13,17H,6-7,9-10H2,1-2H3,(H,18,20). The van der Waals surface area contributed by atoms with Gasteiger partial charge in [-0.2, -0.15) is 5.26 Å². The number of carbonyl (C=O) groups excluding carboxylic acids is 1. The Labute approximate surface area is 119 Å². The van der Waals surface area contributed by atoms with Gasteiger partial charge in [-0.05, 0) is 25.0 Å². The molecule has 0 saturated carbocycles. The highest BCUT2D eigenvalue weighted by Crippen LogP contribution is 2.19. The van der Waals surface area contributed by atoms with Crippen LogP contribution in [0.3, 0.4) is 0 Å². The Morgan fingerprint density at radius 3 is 2.85 bits per heavy atom. The van der Waals surface area contributed by atoms with Crippen LogP contribution in [0, 0.1) is 25.2 Å². The van der Waals surface area contributed by atoms with Gasteiger partial charge in [0.05, 0.1) is 12.6 Å². The monoisotopic (exact) mass is 272 g/mol. The minimum atomic E-state index is -0.229. The van der Waals surface area contributed by atoms with E-state index in [9.17, 15) is 4.79 Å². The third kappa shape index (κ3) is 3.35. The maximum absolute atomic E-state index is 12.2. The minimum Gasteiger partial charge on any atom is -0.324 e. The summed E-state index contributed by atoms with van der Waals surface area (Å²) in [4.78, 5) is 14.1. The number of anilines is 1. The molecule has 0 aliphatic carbocycles. The third-order valence-electron chi connectivity index (χ3n) is 3.60. The maximum Gasteiger partial charge on any atom is 0.238 e. The summed E-state index contributed by atoms with van der Waals surface area (Å²) in [5, 5.41) is 15.2. The molecule has 0 spiro atoms. The molecule has 1 saturated heterocycles. The van der Waals surface area contributed by atoms with E-state index in [2.05, 4.69) is 16.7 Å². The van der Waals surface area contributed by atoms with Gasteiger partial charge in [0.2, 0.25) is 5.91 Å². The fourth-order valence-electron chi connectivity index (χ4n) is 2.44. The zero-order chi connectivity index (χ0) is 14.5. The lowest BCUT2D eigenvalue weighted by molar-refractivity contribution is -0.117. The number of rotatable bonds is 3. The molecule has 20 heavy (non-hydrogen) atoms. The normalized spacial score (nSPS) is 19.4. The summed E-state index contributed by atoms with van der Waals surface area (Å²) in [6, 6.07) is 7.93. The molecule has 0 radical (unpaired) electrons. The van der Waals surface area contributed by atoms with Crippen LogP contribution in [0.25, 0.3) is 0 Å². The predicted molar refractivity (Wildman–Crippen MR) is 78.4 cm³/mol. The van der Waals surface area contributed by atoms with E-state index in [-0.39, 0.29) is 18.5 Å². The first kappa shape index (κ1) is 14.5. The van der Waals surface area contributed by atoms with E-state index in [0.29, 0.717) is 6.54 Å². The number of nitrogens with one attached hydrogen (secondary N) is 2. The van der Waals surface area contributed by atoms with Gasteiger partial charge in [0.25, 0.3) is 0 Å². The second kappa shape index (κ2) is 6.51. The first-order valence-corrected chi connectivity index (χ1v) is 6.82. The molecule has 1 aromatic carbocycles. The SMILES string of the molecule is Cc1cccc(C)c1NC(=O)CN1CCNCC1C#N. The molecule has 0 aromatic heterocycles. The summed E-state index contributed by atoms with van der Waals surface area (Å²) < 4.78 is 0. The van der Waals surface area contributed by atoms with Crippen LogP contribution >= 0.6 is 0 Å². The lowest BCUT2D eigenvalue weighted by Crippen LogP contribution is -2.52. The van der Waals surface area contributed by atoms with Gasteiger partial charge in [0, 0.05) is 25.3 Å². The van der Waals surface area contributed by atoms with Crippen LogP contribution < -0.4 is 10.6 Å². The Bertz CT molecular complexity index is 515. The Balaban J connectivity index is 2.00. The van der Waals surface area contributed by atoms with E-state index in [4.69, 9.17) is 5.26 Å². The average molecular weight is 272 g/mol. The number of amides is 1. The second-order valence-corrected chi connectivity index (χ2v) is 5.13. The lowest BCUT2D eigenvalue weighted by Gasteiger charge is -2.31. The third-order valence-corrected chi connectivity index (χ3v) is 3.60. The number of nitriles is 1. The number of hydrogen-bond donors (Lipinski definition) is 2. The zero-order valence-electron chi connectivity index (χ0n) is 11.9. The molecular weight excluding hydrogens is 252 g/mol. The van der Waals surface area contributed by atoms with Gasteiger partial charge in [-0.3, -0.25) is 9.69 Å². The van der Waals surface area contributed by atoms with Gasteiger partial charge in [-0.25, -0.2) is 0 Å². The Hall–Kier alpha value is -1.90. The number of para-hydroxylation sites is 1. The van der Waals surface area contributed by atoms with Crippen LogP contribution in [0.1, 0.15) is 11.1 Å². The zero-order valence-corrected chi connectivity index (χ0v) is 11.9. The van der Waals surface area contributed by atoms with Crippen LogP contribution in [-0.4, -0.2) is 43.0 Å². The van der Waals surface area contributed by atoms with Crippen molar-refractivity contribution in [3.05, 3.63) is 29.3 Å². The molecule has 106 valence electrons. The van der Waals surface area contributed by atoms with Crippen molar-refractivity contribution < 1.29 is 4.79 Å². The van der Waals surface area contributed by atoms with Crippen molar-refractivity contribution in [2.75, 3.05) is 31.5 Å². The van der Waals surface area contributed by atoms with Gasteiger partial charge in [0.1, 0.15) is 6.04 Å². The molecule has 1 amide bonds. The van der Waals surface area contributed by atoms with E-state index in [0.717, 1.165) is 29.9 Å². The van der Waals surface area contributed by atoms with Crippen LogP contribution in [0.5, 0.6) is 0 Å². The summed E-state index contributed by atoms with van der Waals surface area (Å²) >= 11 is 0. The van der Waals surface area contributed by atoms with Gasteiger partial charge in [-0.15, -0.1) is 0 Å². The van der Waals surface area contributed by atoms with E-state index in [1.807, 2.05) is 36.9 Å². The molecule has 2 N–H and O–H groups in total. The van der Waals surface area contributed by atoms with Crippen molar-refractivity contribution in [2.24, 2.45) is 0 Å². The fourth-order valence-corrected chi connectivity index (χ4v) is 2.44. The first-order valence-electron chi connectivity index (χ1n) is 6.82. The summed E-state index contributed by atoms with van der Waals surface area (Å²) in [5.41, 5.74) is 2.98. The number of hydrogen-bond acceptors (Lipinski definition) is 4. The van der Waals surface area contributed by atoms with Crippen LogP contribution in [0.15, 0.2) is 18.2 Å². The van der Waals surface area contributed by atoms with Gasteiger partial charge in [-0.1, -0.05) is 18.2 Å². The lowest BCUT2D eigenvalue weighted by atomic mass is 10.1. The largest absolute Gasteiger partial charge is 0.324 e. The first-order chi connectivity index (χ1) is 9.61. The summed E-state index contributed by atoms with van der Waals surface area (Å²) in [5.74, 6) is -0.0652. The van der Waals surface area contributed by atoms with E-state index < -0.39 is 0 Å². The topological polar surface area (TPSA) is 68.2 Å². The smallest absolute Gasteiger partial charge is 0.238 e. The number of piperazine rings is 1. The van der Waals surface area contributed by atoms with Crippen molar-refractivity contribution in [3.8, 4) is 6.07 Å². The molecule has 0 bridgehead atoms. The van der Waals surface area contributed by atoms with Crippen molar-refractivity contribution in [1.82, 2.24) is 10.2 Å². The molecule has 1 atom stereocenters. The van der Waals surface area contributed by atoms with Crippen LogP contribution in [-0.2, 0) is 4.79 Å². The quantitative estimate of drug-likeness (QED) is 0.862. The number of nitrogens with zero attached hydrogens (tertiary/aromatic N) is 2. The molecule has 1 unspecified atom stereocenters. The summed E-state index contributed by atoms with van der Waals surface area (Å²) in [6.07, 6.45) is 0. The van der Waals surface area contributed by atoms with Gasteiger partial charge in [0.15, 0.2) is 0 Å². The Kier molecular flexibility index (Phi) is 4.72. The van der Waals surface area contributed by atoms with Crippen LogP contribution in [0.4, 0.5) is 5.69 Å². The number of aryl methyl sites for hydroxylation is 2. The van der Waals surface area contributed by atoms with Gasteiger partial charge < -0.3 is 10.6 Å². The second-order valence-electron chi connectivity index (χ2n) is 5.13. The van der Waals surface area contributed by atoms with E-state index in [1.54, 1.807) is 0 Å².